The van der Waals surface area contributed by atoms with Crippen LogP contribution in [0.1, 0.15) is 17.8 Å². The molecule has 0 bridgehead atoms. The van der Waals surface area contributed by atoms with Gasteiger partial charge in [0.1, 0.15) is 5.01 Å². The van der Waals surface area contributed by atoms with Gasteiger partial charge in [0.2, 0.25) is 0 Å². The number of ether oxygens (including phenoxy) is 1. The van der Waals surface area contributed by atoms with Crippen LogP contribution >= 0.6 is 22.9 Å². The number of aliphatic imine (C=N–C) groups is 1. The molecule has 1 N–H and O–H groups in total. The van der Waals surface area contributed by atoms with E-state index < -0.39 is 0 Å². The van der Waals surface area contributed by atoms with Crippen LogP contribution in [0.25, 0.3) is 10.2 Å². The number of hydrogen-bond donors (Lipinski definition) is 1. The Hall–Kier alpha value is -1.37. The first-order valence-electron chi connectivity index (χ1n) is 8.26. The molecule has 0 radical (unpaired) electrons. The summed E-state index contributed by atoms with van der Waals surface area (Å²) in [6, 6.07) is 5.85. The molecule has 2 aliphatic rings. The van der Waals surface area contributed by atoms with Gasteiger partial charge in [-0.25, -0.2) is 4.98 Å². The van der Waals surface area contributed by atoms with Crippen molar-refractivity contribution >= 4 is 39.1 Å². The minimum atomic E-state index is 0.338. The Balaban J connectivity index is 1.41. The molecule has 1 spiro atoms. The average molecular weight is 365 g/mol. The molecule has 24 heavy (non-hydrogen) atoms. The lowest BCUT2D eigenvalue weighted by Gasteiger charge is -2.24. The zero-order chi connectivity index (χ0) is 16.6. The first-order valence-corrected chi connectivity index (χ1v) is 9.45. The summed E-state index contributed by atoms with van der Waals surface area (Å²) >= 11 is 7.73. The first kappa shape index (κ1) is 16.1. The summed E-state index contributed by atoms with van der Waals surface area (Å²) in [5, 5.41) is 5.23. The Morgan fingerprint density at radius 3 is 3.21 bits per heavy atom. The molecule has 1 aromatic heterocycles. The molecule has 128 valence electrons. The number of halogens is 1. The number of hydrogen-bond acceptors (Lipinski definition) is 4. The number of fused-ring (bicyclic) bond motifs is 1. The van der Waals surface area contributed by atoms with E-state index in [4.69, 9.17) is 16.3 Å². The standard InChI is InChI=1S/C17H21ClN4OS/c1-19-16(22-6-4-17(10-22)5-7-23-11-17)20-9-15-21-13-8-12(18)2-3-14(13)24-15/h2-3,8H,4-7,9-11H2,1H3,(H,19,20). The maximum Gasteiger partial charge on any atom is 0.194 e. The van der Waals surface area contributed by atoms with Crippen LogP contribution in [-0.2, 0) is 11.3 Å². The fraction of sp³-hybridized carbons (Fsp3) is 0.529. The second-order valence-corrected chi connectivity index (χ2v) is 8.15. The van der Waals surface area contributed by atoms with Crippen molar-refractivity contribution in [2.24, 2.45) is 10.4 Å². The highest BCUT2D eigenvalue weighted by atomic mass is 35.5. The fourth-order valence-electron chi connectivity index (χ4n) is 3.60. The lowest BCUT2D eigenvalue weighted by molar-refractivity contribution is 0.156. The summed E-state index contributed by atoms with van der Waals surface area (Å²) < 4.78 is 6.77. The van der Waals surface area contributed by atoms with E-state index in [0.717, 1.165) is 52.5 Å². The summed E-state index contributed by atoms with van der Waals surface area (Å²) in [5.74, 6) is 0.955. The molecule has 4 rings (SSSR count). The van der Waals surface area contributed by atoms with E-state index >= 15 is 0 Å². The summed E-state index contributed by atoms with van der Waals surface area (Å²) in [6.07, 6.45) is 2.35. The molecule has 0 aliphatic carbocycles. The monoisotopic (exact) mass is 364 g/mol. The molecule has 2 aromatic rings. The van der Waals surface area contributed by atoms with Crippen LogP contribution in [0.15, 0.2) is 23.2 Å². The van der Waals surface area contributed by atoms with Gasteiger partial charge in [-0.05, 0) is 31.0 Å². The zero-order valence-corrected chi connectivity index (χ0v) is 15.3. The van der Waals surface area contributed by atoms with E-state index in [1.54, 1.807) is 11.3 Å². The topological polar surface area (TPSA) is 49.8 Å². The minimum absolute atomic E-state index is 0.338. The molecule has 1 unspecified atom stereocenters. The Morgan fingerprint density at radius 2 is 2.42 bits per heavy atom. The second kappa shape index (κ2) is 6.50. The fourth-order valence-corrected chi connectivity index (χ4v) is 4.65. The van der Waals surface area contributed by atoms with Gasteiger partial charge in [-0.15, -0.1) is 11.3 Å². The Kier molecular flexibility index (Phi) is 4.37. The number of benzene rings is 1. The van der Waals surface area contributed by atoms with Crippen LogP contribution in [-0.4, -0.2) is 49.2 Å². The van der Waals surface area contributed by atoms with Crippen LogP contribution in [0.3, 0.4) is 0 Å². The van der Waals surface area contributed by atoms with E-state index in [1.807, 2.05) is 25.2 Å². The van der Waals surface area contributed by atoms with E-state index in [9.17, 15) is 0 Å². The first-order chi connectivity index (χ1) is 11.7. The maximum atomic E-state index is 6.04. The van der Waals surface area contributed by atoms with Gasteiger partial charge in [-0.3, -0.25) is 4.99 Å². The number of aromatic nitrogens is 1. The van der Waals surface area contributed by atoms with Crippen molar-refractivity contribution < 1.29 is 4.74 Å². The van der Waals surface area contributed by atoms with Crippen LogP contribution in [0.5, 0.6) is 0 Å². The SMILES string of the molecule is CN=C(NCc1nc2cc(Cl)ccc2s1)N1CCC2(CCOC2)C1. The lowest BCUT2D eigenvalue weighted by atomic mass is 9.87. The van der Waals surface area contributed by atoms with Gasteiger partial charge in [0, 0.05) is 37.2 Å². The molecule has 0 amide bonds. The van der Waals surface area contributed by atoms with E-state index in [2.05, 4.69) is 20.2 Å². The van der Waals surface area contributed by atoms with Crippen molar-refractivity contribution in [1.29, 1.82) is 0 Å². The van der Waals surface area contributed by atoms with Gasteiger partial charge in [-0.2, -0.15) is 0 Å². The minimum Gasteiger partial charge on any atom is -0.381 e. The molecule has 7 heteroatoms. The summed E-state index contributed by atoms with van der Waals surface area (Å²) in [5.41, 5.74) is 1.30. The predicted molar refractivity (Wildman–Crippen MR) is 98.9 cm³/mol. The molecule has 0 saturated carbocycles. The third kappa shape index (κ3) is 3.10. The Morgan fingerprint density at radius 1 is 1.50 bits per heavy atom. The summed E-state index contributed by atoms with van der Waals surface area (Å²) in [4.78, 5) is 11.5. The smallest absolute Gasteiger partial charge is 0.194 e. The molecule has 5 nitrogen and oxygen atoms in total. The predicted octanol–water partition coefficient (Wildman–Crippen LogP) is 3.14. The normalized spacial score (nSPS) is 24.4. The summed E-state index contributed by atoms with van der Waals surface area (Å²) in [7, 11) is 1.84. The molecule has 2 aliphatic heterocycles. The number of likely N-dealkylation sites (tertiary alicyclic amines) is 1. The number of nitrogens with one attached hydrogen (secondary N) is 1. The lowest BCUT2D eigenvalue weighted by Crippen LogP contribution is -2.41. The third-order valence-corrected chi connectivity index (χ3v) is 6.20. The molecular formula is C17H21ClN4OS. The van der Waals surface area contributed by atoms with Crippen LogP contribution in [0, 0.1) is 5.41 Å². The van der Waals surface area contributed by atoms with Crippen molar-refractivity contribution in [3.63, 3.8) is 0 Å². The number of guanidine groups is 1. The second-order valence-electron chi connectivity index (χ2n) is 6.59. The Labute approximate surface area is 150 Å². The van der Waals surface area contributed by atoms with Gasteiger partial charge in [0.15, 0.2) is 5.96 Å². The molecule has 3 heterocycles. The molecule has 1 atom stereocenters. The van der Waals surface area contributed by atoms with E-state index in [-0.39, 0.29) is 0 Å². The maximum absolute atomic E-state index is 6.04. The number of nitrogens with zero attached hydrogens (tertiary/aromatic N) is 3. The van der Waals surface area contributed by atoms with Gasteiger partial charge >= 0.3 is 0 Å². The van der Waals surface area contributed by atoms with Gasteiger partial charge < -0.3 is 15.0 Å². The Bertz CT molecular complexity index is 769. The third-order valence-electron chi connectivity index (χ3n) is 4.93. The number of thiazole rings is 1. The van der Waals surface area contributed by atoms with Crippen molar-refractivity contribution in [2.75, 3.05) is 33.4 Å². The van der Waals surface area contributed by atoms with Crippen molar-refractivity contribution in [3.8, 4) is 0 Å². The molecule has 2 saturated heterocycles. The molecule has 2 fully saturated rings. The van der Waals surface area contributed by atoms with E-state index in [1.165, 1.54) is 12.8 Å². The molecule has 1 aromatic carbocycles. The average Bonchev–Trinajstić information content (AvgIpc) is 3.29. The number of rotatable bonds is 2. The largest absolute Gasteiger partial charge is 0.381 e. The quantitative estimate of drug-likeness (QED) is 0.657. The van der Waals surface area contributed by atoms with Gasteiger partial charge in [0.25, 0.3) is 0 Å². The molecular weight excluding hydrogens is 344 g/mol. The van der Waals surface area contributed by atoms with Crippen molar-refractivity contribution in [1.82, 2.24) is 15.2 Å². The summed E-state index contributed by atoms with van der Waals surface area (Å²) in [6.45, 7) is 4.54. The van der Waals surface area contributed by atoms with E-state index in [0.29, 0.717) is 12.0 Å². The highest BCUT2D eigenvalue weighted by Crippen LogP contribution is 2.38. The van der Waals surface area contributed by atoms with Gasteiger partial charge in [-0.1, -0.05) is 11.6 Å². The highest BCUT2D eigenvalue weighted by molar-refractivity contribution is 7.18. The van der Waals surface area contributed by atoms with Crippen molar-refractivity contribution in [3.05, 3.63) is 28.2 Å². The van der Waals surface area contributed by atoms with Gasteiger partial charge in [0.05, 0.1) is 23.4 Å². The van der Waals surface area contributed by atoms with Crippen LogP contribution in [0.4, 0.5) is 0 Å². The van der Waals surface area contributed by atoms with Crippen LogP contribution < -0.4 is 5.32 Å². The highest BCUT2D eigenvalue weighted by Gasteiger charge is 2.42. The van der Waals surface area contributed by atoms with Crippen LogP contribution in [0.2, 0.25) is 5.02 Å². The zero-order valence-electron chi connectivity index (χ0n) is 13.7. The van der Waals surface area contributed by atoms with Crippen molar-refractivity contribution in [2.45, 2.75) is 19.4 Å².